The van der Waals surface area contributed by atoms with Gasteiger partial charge in [0, 0.05) is 22.7 Å². The Hall–Kier alpha value is -2.01. The third-order valence-electron chi connectivity index (χ3n) is 3.55. The number of hydroxylamine groups is 2. The number of nitrogens with zero attached hydrogens (tertiary/aromatic N) is 1. The van der Waals surface area contributed by atoms with E-state index in [1.807, 2.05) is 30.5 Å². The Morgan fingerprint density at radius 3 is 2.57 bits per heavy atom. The topological polar surface area (TPSA) is 65.6 Å². The summed E-state index contributed by atoms with van der Waals surface area (Å²) in [5.74, 6) is 0.311. The van der Waals surface area contributed by atoms with Crippen molar-refractivity contribution in [3.05, 3.63) is 36.0 Å². The van der Waals surface area contributed by atoms with Crippen LogP contribution in [0, 0.1) is 5.92 Å². The Morgan fingerprint density at radius 2 is 1.96 bits per heavy atom. The van der Waals surface area contributed by atoms with Crippen LogP contribution in [0.25, 0.3) is 10.9 Å². The number of hydrogen-bond acceptors (Lipinski definition) is 3. The molecule has 1 heterocycles. The smallest absolute Gasteiger partial charge is 0.434 e. The molecule has 0 saturated heterocycles. The SMILES string of the molecule is CC(C)CC(c1c[nH]c2ccccc12)N(O)C(=O)OC(C)(C)C. The summed E-state index contributed by atoms with van der Waals surface area (Å²) in [6, 6.07) is 7.39. The van der Waals surface area contributed by atoms with Gasteiger partial charge in [0.15, 0.2) is 0 Å². The Labute approximate surface area is 137 Å². The van der Waals surface area contributed by atoms with Crippen LogP contribution in [0.2, 0.25) is 0 Å². The minimum Gasteiger partial charge on any atom is -0.442 e. The summed E-state index contributed by atoms with van der Waals surface area (Å²) in [4.78, 5) is 15.5. The van der Waals surface area contributed by atoms with E-state index in [-0.39, 0.29) is 0 Å². The number of hydrogen-bond donors (Lipinski definition) is 2. The van der Waals surface area contributed by atoms with Crippen LogP contribution in [0.3, 0.4) is 0 Å². The summed E-state index contributed by atoms with van der Waals surface area (Å²) in [5.41, 5.74) is 1.22. The number of aromatic nitrogens is 1. The average Bonchev–Trinajstić information content (AvgIpc) is 2.85. The van der Waals surface area contributed by atoms with Crippen molar-refractivity contribution >= 4 is 17.0 Å². The number of rotatable bonds is 4. The Morgan fingerprint density at radius 1 is 1.30 bits per heavy atom. The van der Waals surface area contributed by atoms with Crippen molar-refractivity contribution in [2.75, 3.05) is 0 Å². The van der Waals surface area contributed by atoms with Crippen LogP contribution in [0.1, 0.15) is 52.6 Å². The molecule has 2 aromatic rings. The van der Waals surface area contributed by atoms with Gasteiger partial charge in [0.2, 0.25) is 0 Å². The van der Waals surface area contributed by atoms with Gasteiger partial charge < -0.3 is 9.72 Å². The maximum Gasteiger partial charge on any atom is 0.434 e. The maximum absolute atomic E-state index is 12.3. The van der Waals surface area contributed by atoms with Gasteiger partial charge >= 0.3 is 6.09 Å². The highest BCUT2D eigenvalue weighted by molar-refractivity contribution is 5.84. The number of amides is 1. The number of carbonyl (C=O) groups is 1. The molecule has 0 bridgehead atoms. The van der Waals surface area contributed by atoms with E-state index < -0.39 is 17.7 Å². The first-order valence-corrected chi connectivity index (χ1v) is 7.96. The molecule has 1 unspecified atom stereocenters. The molecule has 0 aliphatic carbocycles. The van der Waals surface area contributed by atoms with Gasteiger partial charge in [-0.2, -0.15) is 5.06 Å². The summed E-state index contributed by atoms with van der Waals surface area (Å²) in [6.07, 6.45) is 1.76. The molecule has 23 heavy (non-hydrogen) atoms. The lowest BCUT2D eigenvalue weighted by Crippen LogP contribution is -2.37. The summed E-state index contributed by atoms with van der Waals surface area (Å²) < 4.78 is 5.30. The second kappa shape index (κ2) is 6.62. The first-order valence-electron chi connectivity index (χ1n) is 7.96. The normalized spacial score (nSPS) is 13.3. The van der Waals surface area contributed by atoms with E-state index in [0.717, 1.165) is 21.5 Å². The second-order valence-corrected chi connectivity index (χ2v) is 7.26. The third-order valence-corrected chi connectivity index (χ3v) is 3.55. The fraction of sp³-hybridized carbons (Fsp3) is 0.500. The predicted octanol–water partition coefficient (Wildman–Crippen LogP) is 4.88. The molecular formula is C18H26N2O3. The Kier molecular flexibility index (Phi) is 5.00. The highest BCUT2D eigenvalue weighted by atomic mass is 16.6. The highest BCUT2D eigenvalue weighted by Gasteiger charge is 2.30. The first-order chi connectivity index (χ1) is 10.7. The van der Waals surface area contributed by atoms with Crippen LogP contribution >= 0.6 is 0 Å². The molecule has 5 nitrogen and oxygen atoms in total. The molecule has 0 saturated carbocycles. The lowest BCUT2D eigenvalue weighted by atomic mass is 9.96. The molecular weight excluding hydrogens is 292 g/mol. The van der Waals surface area contributed by atoms with Gasteiger partial charge in [-0.05, 0) is 39.2 Å². The summed E-state index contributed by atoms with van der Waals surface area (Å²) >= 11 is 0. The Balaban J connectivity index is 2.35. The number of para-hydroxylation sites is 1. The highest BCUT2D eigenvalue weighted by Crippen LogP contribution is 2.33. The van der Waals surface area contributed by atoms with Gasteiger partial charge in [-0.15, -0.1) is 0 Å². The van der Waals surface area contributed by atoms with Crippen molar-refractivity contribution in [3.63, 3.8) is 0 Å². The number of benzene rings is 1. The first kappa shape index (κ1) is 17.3. The summed E-state index contributed by atoms with van der Waals surface area (Å²) in [6.45, 7) is 9.46. The van der Waals surface area contributed by atoms with Gasteiger partial charge in [0.1, 0.15) is 5.60 Å². The predicted molar refractivity (Wildman–Crippen MR) is 90.4 cm³/mol. The zero-order valence-electron chi connectivity index (χ0n) is 14.5. The molecule has 1 aromatic carbocycles. The molecule has 0 aliphatic heterocycles. The molecule has 0 fully saturated rings. The van der Waals surface area contributed by atoms with Gasteiger partial charge in [0.25, 0.3) is 0 Å². The lowest BCUT2D eigenvalue weighted by Gasteiger charge is -2.29. The van der Waals surface area contributed by atoms with Crippen LogP contribution in [0.5, 0.6) is 0 Å². The number of H-pyrrole nitrogens is 1. The molecule has 1 atom stereocenters. The number of aromatic amines is 1. The maximum atomic E-state index is 12.3. The van der Waals surface area contributed by atoms with Crippen molar-refractivity contribution in [3.8, 4) is 0 Å². The monoisotopic (exact) mass is 318 g/mol. The van der Waals surface area contributed by atoms with E-state index in [4.69, 9.17) is 4.74 Å². The van der Waals surface area contributed by atoms with Gasteiger partial charge in [-0.3, -0.25) is 5.21 Å². The number of fused-ring (bicyclic) bond motifs is 1. The molecule has 1 aromatic heterocycles. The molecule has 2 N–H and O–H groups in total. The molecule has 0 radical (unpaired) electrons. The van der Waals surface area contributed by atoms with Crippen molar-refractivity contribution in [1.82, 2.24) is 10.0 Å². The van der Waals surface area contributed by atoms with Crippen molar-refractivity contribution in [2.45, 2.75) is 52.7 Å². The number of carbonyl (C=O) groups excluding carboxylic acids is 1. The average molecular weight is 318 g/mol. The van der Waals surface area contributed by atoms with E-state index in [2.05, 4.69) is 18.8 Å². The minimum absolute atomic E-state index is 0.311. The molecule has 0 spiro atoms. The van der Waals surface area contributed by atoms with Crippen molar-refractivity contribution in [2.24, 2.45) is 5.92 Å². The third kappa shape index (κ3) is 4.26. The molecule has 0 aliphatic rings. The fourth-order valence-electron chi connectivity index (χ4n) is 2.61. The van der Waals surface area contributed by atoms with Gasteiger partial charge in [-0.1, -0.05) is 32.0 Å². The zero-order chi connectivity index (χ0) is 17.2. The molecule has 126 valence electrons. The van der Waals surface area contributed by atoms with E-state index >= 15 is 0 Å². The quantitative estimate of drug-likeness (QED) is 0.623. The molecule has 5 heteroatoms. The lowest BCUT2D eigenvalue weighted by molar-refractivity contribution is -0.125. The van der Waals surface area contributed by atoms with Crippen LogP contribution < -0.4 is 0 Å². The summed E-state index contributed by atoms with van der Waals surface area (Å²) in [5, 5.41) is 12.2. The standard InChI is InChI=1S/C18H26N2O3/c1-12(2)10-16(20(22)17(21)23-18(3,4)5)14-11-19-15-9-7-6-8-13(14)15/h6-9,11-12,16,19,22H,10H2,1-5H3. The van der Waals surface area contributed by atoms with Crippen LogP contribution in [0.4, 0.5) is 4.79 Å². The zero-order valence-corrected chi connectivity index (χ0v) is 14.5. The molecule has 2 rings (SSSR count). The van der Waals surface area contributed by atoms with E-state index in [1.54, 1.807) is 20.8 Å². The number of ether oxygens (including phenoxy) is 1. The fourth-order valence-corrected chi connectivity index (χ4v) is 2.61. The van der Waals surface area contributed by atoms with Crippen molar-refractivity contribution < 1.29 is 14.7 Å². The molecule has 1 amide bonds. The van der Waals surface area contributed by atoms with E-state index in [0.29, 0.717) is 12.3 Å². The minimum atomic E-state index is -0.728. The van der Waals surface area contributed by atoms with Gasteiger partial charge in [-0.25, -0.2) is 4.79 Å². The Bertz CT molecular complexity index is 670. The van der Waals surface area contributed by atoms with E-state index in [1.165, 1.54) is 0 Å². The van der Waals surface area contributed by atoms with Crippen LogP contribution in [-0.2, 0) is 4.74 Å². The number of nitrogens with one attached hydrogen (secondary N) is 1. The second-order valence-electron chi connectivity index (χ2n) is 7.26. The van der Waals surface area contributed by atoms with Crippen LogP contribution in [-0.4, -0.2) is 26.9 Å². The van der Waals surface area contributed by atoms with Crippen LogP contribution in [0.15, 0.2) is 30.5 Å². The van der Waals surface area contributed by atoms with E-state index in [9.17, 15) is 10.0 Å². The van der Waals surface area contributed by atoms with Gasteiger partial charge in [0.05, 0.1) is 6.04 Å². The van der Waals surface area contributed by atoms with Crippen molar-refractivity contribution in [1.29, 1.82) is 0 Å². The largest absolute Gasteiger partial charge is 0.442 e. The summed E-state index contributed by atoms with van der Waals surface area (Å²) in [7, 11) is 0.